The van der Waals surface area contributed by atoms with Crippen molar-refractivity contribution in [1.29, 1.82) is 0 Å². The molecular weight excluding hydrogens is 410 g/mol. The highest BCUT2D eigenvalue weighted by atomic mass is 32.2. The maximum Gasteiger partial charge on any atom is 0.262 e. The number of carbonyl (C=O) groups excluding carboxylic acids is 1. The Morgan fingerprint density at radius 3 is 2.86 bits per heavy atom. The number of rotatable bonds is 8. The molecule has 3 rings (SSSR count). The predicted octanol–water partition coefficient (Wildman–Crippen LogP) is 2.25. The van der Waals surface area contributed by atoms with Gasteiger partial charge in [0.2, 0.25) is 5.91 Å². The smallest absolute Gasteiger partial charge is 0.262 e. The lowest BCUT2D eigenvalue weighted by Gasteiger charge is -2.15. The zero-order valence-corrected chi connectivity index (χ0v) is 18.1. The van der Waals surface area contributed by atoms with Gasteiger partial charge in [-0.2, -0.15) is 0 Å². The molecule has 2 N–H and O–H groups in total. The maximum absolute atomic E-state index is 12.5. The average Bonchev–Trinajstić information content (AvgIpc) is 3.33. The number of nitrogens with one attached hydrogen (secondary N) is 2. The summed E-state index contributed by atoms with van der Waals surface area (Å²) in [4.78, 5) is 23.0. The molecule has 0 saturated carbocycles. The van der Waals surface area contributed by atoms with Crippen molar-refractivity contribution in [3.63, 3.8) is 0 Å². The number of carbonyl (C=O) groups is 1. The molecule has 0 spiro atoms. The zero-order chi connectivity index (χ0) is 20.9. The van der Waals surface area contributed by atoms with Gasteiger partial charge in [0.15, 0.2) is 0 Å². The molecule has 10 heteroatoms. The minimum atomic E-state index is -3.72. The number of aromatic nitrogens is 1. The van der Waals surface area contributed by atoms with Crippen LogP contribution in [-0.2, 0) is 27.8 Å². The van der Waals surface area contributed by atoms with Crippen LogP contribution < -0.4 is 10.0 Å². The molecule has 0 bridgehead atoms. The van der Waals surface area contributed by atoms with Gasteiger partial charge in [0.25, 0.3) is 10.0 Å². The monoisotopic (exact) mass is 435 g/mol. The van der Waals surface area contributed by atoms with E-state index in [4.69, 9.17) is 0 Å². The first-order chi connectivity index (χ1) is 13.9. The molecule has 1 aromatic heterocycles. The molecule has 1 amide bonds. The predicted molar refractivity (Wildman–Crippen MR) is 115 cm³/mol. The van der Waals surface area contributed by atoms with Gasteiger partial charge in [-0.05, 0) is 38.1 Å². The molecule has 0 fully saturated rings. The van der Waals surface area contributed by atoms with Crippen LogP contribution in [0.2, 0.25) is 0 Å². The molecule has 1 aromatic carbocycles. The maximum atomic E-state index is 12.5. The Morgan fingerprint density at radius 1 is 1.34 bits per heavy atom. The number of thiazole rings is 1. The summed E-state index contributed by atoms with van der Waals surface area (Å²) < 4.78 is 27.5. The quantitative estimate of drug-likeness (QED) is 0.662. The third-order valence-electron chi connectivity index (χ3n) is 4.30. The van der Waals surface area contributed by atoms with E-state index in [1.165, 1.54) is 12.1 Å². The van der Waals surface area contributed by atoms with E-state index >= 15 is 0 Å². The van der Waals surface area contributed by atoms with Gasteiger partial charge in [0.05, 0.1) is 22.1 Å². The molecule has 0 atom stereocenters. The van der Waals surface area contributed by atoms with E-state index in [1.54, 1.807) is 23.5 Å². The number of anilines is 1. The second-order valence-electron chi connectivity index (χ2n) is 6.87. The standard InChI is InChI=1S/C19H25N5O3S2/c1-3-19-22-15(13-28-19)11-24(2)12-18(25)21-14-6-4-7-16(10-14)29(26,27)23-17-8-5-9-20-17/h4,6-7,10,13H,3,5,8-9,11-12H2,1-2H3,(H,20,23)(H,21,25). The number of hydrogen-bond acceptors (Lipinski definition) is 7. The highest BCUT2D eigenvalue weighted by Gasteiger charge is 2.19. The van der Waals surface area contributed by atoms with E-state index in [0.717, 1.165) is 23.5 Å². The van der Waals surface area contributed by atoms with Gasteiger partial charge < -0.3 is 5.32 Å². The molecule has 1 aliphatic heterocycles. The number of hydrogen-bond donors (Lipinski definition) is 2. The second kappa shape index (κ2) is 9.47. The number of benzene rings is 1. The molecule has 2 aromatic rings. The fourth-order valence-corrected chi connectivity index (χ4v) is 4.81. The molecular formula is C19H25N5O3S2. The fraction of sp³-hybridized carbons (Fsp3) is 0.421. The summed E-state index contributed by atoms with van der Waals surface area (Å²) >= 11 is 1.62. The Kier molecular flexibility index (Phi) is 6.99. The van der Waals surface area contributed by atoms with Crippen molar-refractivity contribution in [1.82, 2.24) is 14.6 Å². The molecule has 0 unspecified atom stereocenters. The summed E-state index contributed by atoms with van der Waals surface area (Å²) in [6, 6.07) is 6.21. The Hall–Kier alpha value is -2.30. The van der Waals surface area contributed by atoms with Gasteiger partial charge in [-0.25, -0.2) is 13.4 Å². The average molecular weight is 436 g/mol. The SMILES string of the molecule is CCc1nc(CN(C)CC(=O)Nc2cccc(S(=O)(=O)NC3=NCCC3)c2)cs1. The molecule has 8 nitrogen and oxygen atoms in total. The first-order valence-electron chi connectivity index (χ1n) is 9.43. The number of sulfonamides is 1. The highest BCUT2D eigenvalue weighted by molar-refractivity contribution is 7.90. The summed E-state index contributed by atoms with van der Waals surface area (Å²) in [5.41, 5.74) is 1.37. The molecule has 2 heterocycles. The Bertz CT molecular complexity index is 1000. The van der Waals surface area contributed by atoms with Crippen molar-refractivity contribution >= 4 is 38.8 Å². The van der Waals surface area contributed by atoms with Crippen molar-refractivity contribution in [2.24, 2.45) is 4.99 Å². The minimum Gasteiger partial charge on any atom is -0.325 e. The molecule has 0 aliphatic carbocycles. The van der Waals surface area contributed by atoms with Crippen LogP contribution in [0.15, 0.2) is 39.5 Å². The third-order valence-corrected chi connectivity index (χ3v) is 6.72. The number of aryl methyl sites for hydroxylation is 1. The summed E-state index contributed by atoms with van der Waals surface area (Å²) in [7, 11) is -1.87. The van der Waals surface area contributed by atoms with E-state index in [1.807, 2.05) is 17.3 Å². The number of likely N-dealkylation sites (N-methyl/N-ethyl adjacent to an activating group) is 1. The van der Waals surface area contributed by atoms with Crippen LogP contribution in [-0.4, -0.2) is 50.2 Å². The van der Waals surface area contributed by atoms with Crippen molar-refractivity contribution < 1.29 is 13.2 Å². The van der Waals surface area contributed by atoms with E-state index < -0.39 is 10.0 Å². The van der Waals surface area contributed by atoms with Crippen LogP contribution in [0.5, 0.6) is 0 Å². The number of amidine groups is 1. The molecule has 29 heavy (non-hydrogen) atoms. The summed E-state index contributed by atoms with van der Waals surface area (Å²) in [6.07, 6.45) is 2.37. The largest absolute Gasteiger partial charge is 0.325 e. The van der Waals surface area contributed by atoms with Crippen molar-refractivity contribution in [3.8, 4) is 0 Å². The molecule has 0 radical (unpaired) electrons. The van der Waals surface area contributed by atoms with Gasteiger partial charge in [-0.15, -0.1) is 11.3 Å². The van der Waals surface area contributed by atoms with Crippen LogP contribution in [0, 0.1) is 0 Å². The van der Waals surface area contributed by atoms with Crippen LogP contribution >= 0.6 is 11.3 Å². The van der Waals surface area contributed by atoms with Crippen molar-refractivity contribution in [3.05, 3.63) is 40.3 Å². The first kappa shape index (κ1) is 21.4. The third kappa shape index (κ3) is 6.09. The van der Waals surface area contributed by atoms with Gasteiger partial charge in [0.1, 0.15) is 5.84 Å². The molecule has 156 valence electrons. The minimum absolute atomic E-state index is 0.0906. The van der Waals surface area contributed by atoms with Gasteiger partial charge in [0, 0.05) is 30.6 Å². The van der Waals surface area contributed by atoms with E-state index in [-0.39, 0.29) is 17.3 Å². The summed E-state index contributed by atoms with van der Waals surface area (Å²) in [5, 5.41) is 5.84. The van der Waals surface area contributed by atoms with Gasteiger partial charge in [-0.3, -0.25) is 19.4 Å². The fourth-order valence-electron chi connectivity index (χ4n) is 2.94. The Morgan fingerprint density at radius 2 is 2.17 bits per heavy atom. The van der Waals surface area contributed by atoms with Crippen LogP contribution in [0.25, 0.3) is 0 Å². The first-order valence-corrected chi connectivity index (χ1v) is 11.8. The normalized spacial score (nSPS) is 14.1. The lowest BCUT2D eigenvalue weighted by molar-refractivity contribution is -0.117. The van der Waals surface area contributed by atoms with E-state index in [2.05, 4.69) is 26.9 Å². The Labute approximate surface area is 175 Å². The van der Waals surface area contributed by atoms with Crippen molar-refractivity contribution in [2.45, 2.75) is 37.6 Å². The van der Waals surface area contributed by atoms with Crippen LogP contribution in [0.1, 0.15) is 30.5 Å². The second-order valence-corrected chi connectivity index (χ2v) is 9.50. The molecule has 0 saturated heterocycles. The van der Waals surface area contributed by atoms with Gasteiger partial charge in [-0.1, -0.05) is 13.0 Å². The van der Waals surface area contributed by atoms with Crippen LogP contribution in [0.4, 0.5) is 5.69 Å². The van der Waals surface area contributed by atoms with Crippen LogP contribution in [0.3, 0.4) is 0 Å². The topological polar surface area (TPSA) is 104 Å². The van der Waals surface area contributed by atoms with Gasteiger partial charge >= 0.3 is 0 Å². The van der Waals surface area contributed by atoms with E-state index in [0.29, 0.717) is 31.0 Å². The number of amides is 1. The number of aliphatic imine (C=N–C) groups is 1. The lowest BCUT2D eigenvalue weighted by atomic mass is 10.3. The zero-order valence-electron chi connectivity index (χ0n) is 16.5. The summed E-state index contributed by atoms with van der Waals surface area (Å²) in [6.45, 7) is 3.45. The Balaban J connectivity index is 1.58. The summed E-state index contributed by atoms with van der Waals surface area (Å²) in [5.74, 6) is 0.260. The highest BCUT2D eigenvalue weighted by Crippen LogP contribution is 2.17. The van der Waals surface area contributed by atoms with Crippen molar-refractivity contribution in [2.75, 3.05) is 25.5 Å². The lowest BCUT2D eigenvalue weighted by Crippen LogP contribution is -2.30. The molecule has 1 aliphatic rings. The number of nitrogens with zero attached hydrogens (tertiary/aromatic N) is 3. The van der Waals surface area contributed by atoms with E-state index in [9.17, 15) is 13.2 Å².